The fraction of sp³-hybridized carbons (Fsp3) is 0.421. The summed E-state index contributed by atoms with van der Waals surface area (Å²) in [6.45, 7) is 6.36. The molecule has 0 aliphatic heterocycles. The molecule has 0 bridgehead atoms. The van der Waals surface area contributed by atoms with Gasteiger partial charge in [0.2, 0.25) is 0 Å². The highest BCUT2D eigenvalue weighted by atomic mass is 35.5. The van der Waals surface area contributed by atoms with E-state index in [2.05, 4.69) is 34.0 Å². The van der Waals surface area contributed by atoms with Crippen LogP contribution in [0.15, 0.2) is 35.6 Å². The highest BCUT2D eigenvalue weighted by molar-refractivity contribution is 7.98. The molecule has 0 spiro atoms. The Morgan fingerprint density at radius 3 is 2.74 bits per heavy atom. The number of carbonyl (C=O) groups is 1. The van der Waals surface area contributed by atoms with E-state index in [1.807, 2.05) is 30.5 Å². The highest BCUT2D eigenvalue weighted by Gasteiger charge is 2.21. The van der Waals surface area contributed by atoms with Crippen LogP contribution in [0.25, 0.3) is 0 Å². The van der Waals surface area contributed by atoms with Crippen LogP contribution in [0, 0.1) is 0 Å². The van der Waals surface area contributed by atoms with Gasteiger partial charge in [0.15, 0.2) is 10.9 Å². The van der Waals surface area contributed by atoms with E-state index in [4.69, 9.17) is 16.3 Å². The molecule has 8 heteroatoms. The van der Waals surface area contributed by atoms with Crippen LogP contribution in [-0.4, -0.2) is 53.8 Å². The summed E-state index contributed by atoms with van der Waals surface area (Å²) < 4.78 is 5.35. The molecule has 6 nitrogen and oxygen atoms in total. The average molecular weight is 409 g/mol. The van der Waals surface area contributed by atoms with Gasteiger partial charge >= 0.3 is 0 Å². The number of hydrogen-bond donors (Lipinski definition) is 1. The van der Waals surface area contributed by atoms with E-state index in [1.54, 1.807) is 7.11 Å². The lowest BCUT2D eigenvalue weighted by atomic mass is 10.0. The lowest BCUT2D eigenvalue weighted by Crippen LogP contribution is -2.38. The SMILES string of the molecule is CCN(CC)C(CNC(=O)c1nc(SC)ncc1Cl)c1cccc(OC)c1. The number of hydrogen-bond acceptors (Lipinski definition) is 6. The van der Waals surface area contributed by atoms with E-state index in [0.29, 0.717) is 11.7 Å². The summed E-state index contributed by atoms with van der Waals surface area (Å²) in [5.41, 5.74) is 1.27. The normalized spacial score (nSPS) is 12.1. The molecule has 1 aromatic carbocycles. The first kappa shape index (κ1) is 21.5. The smallest absolute Gasteiger partial charge is 0.271 e. The number of ether oxygens (including phenoxy) is 1. The number of carbonyl (C=O) groups excluding carboxylic acids is 1. The Morgan fingerprint density at radius 2 is 2.11 bits per heavy atom. The number of nitrogens with zero attached hydrogens (tertiary/aromatic N) is 3. The van der Waals surface area contributed by atoms with E-state index in [-0.39, 0.29) is 22.7 Å². The summed E-state index contributed by atoms with van der Waals surface area (Å²) in [7, 11) is 1.65. The number of likely N-dealkylation sites (N-methyl/N-ethyl adjacent to an activating group) is 1. The van der Waals surface area contributed by atoms with Gasteiger partial charge in [-0.25, -0.2) is 9.97 Å². The van der Waals surface area contributed by atoms with Gasteiger partial charge < -0.3 is 10.1 Å². The molecule has 1 aromatic heterocycles. The summed E-state index contributed by atoms with van der Waals surface area (Å²) in [5.74, 6) is 0.484. The fourth-order valence-electron chi connectivity index (χ4n) is 2.85. The zero-order chi connectivity index (χ0) is 19.8. The molecular formula is C19H25ClN4O2S. The molecule has 0 aliphatic carbocycles. The lowest BCUT2D eigenvalue weighted by Gasteiger charge is -2.30. The van der Waals surface area contributed by atoms with Gasteiger partial charge in [0.1, 0.15) is 5.75 Å². The maximum absolute atomic E-state index is 12.7. The highest BCUT2D eigenvalue weighted by Crippen LogP contribution is 2.24. The van der Waals surface area contributed by atoms with Crippen molar-refractivity contribution in [3.05, 3.63) is 46.7 Å². The van der Waals surface area contributed by atoms with Crippen LogP contribution in [0.1, 0.15) is 35.9 Å². The lowest BCUT2D eigenvalue weighted by molar-refractivity contribution is 0.0929. The van der Waals surface area contributed by atoms with E-state index in [1.165, 1.54) is 18.0 Å². The number of nitrogens with one attached hydrogen (secondary N) is 1. The van der Waals surface area contributed by atoms with Crippen molar-refractivity contribution in [3.63, 3.8) is 0 Å². The molecule has 0 saturated carbocycles. The minimum Gasteiger partial charge on any atom is -0.497 e. The van der Waals surface area contributed by atoms with Crippen molar-refractivity contribution < 1.29 is 9.53 Å². The summed E-state index contributed by atoms with van der Waals surface area (Å²) >= 11 is 7.48. The summed E-state index contributed by atoms with van der Waals surface area (Å²) in [5, 5.41) is 3.72. The number of benzene rings is 1. The third-order valence-electron chi connectivity index (χ3n) is 4.31. The Hall–Kier alpha value is -1.83. The molecule has 2 aromatic rings. The molecule has 0 saturated heterocycles. The summed E-state index contributed by atoms with van der Waals surface area (Å²) in [6, 6.07) is 7.92. The molecule has 1 N–H and O–H groups in total. The van der Waals surface area contributed by atoms with Gasteiger partial charge in [-0.3, -0.25) is 9.69 Å². The predicted octanol–water partition coefficient (Wildman–Crippen LogP) is 3.67. The van der Waals surface area contributed by atoms with Gasteiger partial charge in [-0.05, 0) is 37.0 Å². The molecule has 146 valence electrons. The van der Waals surface area contributed by atoms with Crippen molar-refractivity contribution in [2.45, 2.75) is 25.0 Å². The molecule has 1 amide bonds. The van der Waals surface area contributed by atoms with Gasteiger partial charge in [0.05, 0.1) is 24.4 Å². The second-order valence-electron chi connectivity index (χ2n) is 5.78. The molecule has 1 atom stereocenters. The molecule has 0 aliphatic rings. The van der Waals surface area contributed by atoms with Crippen LogP contribution in [0.5, 0.6) is 5.75 Å². The standard InChI is InChI=1S/C19H25ClN4O2S/c1-5-24(6-2)16(13-8-7-9-14(10-13)26-3)12-21-18(25)17-15(20)11-22-19(23-17)27-4/h7-11,16H,5-6,12H2,1-4H3,(H,21,25). The minimum absolute atomic E-state index is 0.0136. The number of thioether (sulfide) groups is 1. The average Bonchev–Trinajstić information content (AvgIpc) is 2.71. The van der Waals surface area contributed by atoms with E-state index in [0.717, 1.165) is 24.4 Å². The maximum Gasteiger partial charge on any atom is 0.271 e. The van der Waals surface area contributed by atoms with E-state index in [9.17, 15) is 4.79 Å². The largest absolute Gasteiger partial charge is 0.497 e. The Bertz CT molecular complexity index is 771. The molecular weight excluding hydrogens is 384 g/mol. The van der Waals surface area contributed by atoms with Gasteiger partial charge in [-0.2, -0.15) is 0 Å². The first-order valence-corrected chi connectivity index (χ1v) is 10.4. The quantitative estimate of drug-likeness (QED) is 0.504. The van der Waals surface area contributed by atoms with Gasteiger partial charge in [-0.1, -0.05) is 49.3 Å². The van der Waals surface area contributed by atoms with Crippen molar-refractivity contribution in [2.24, 2.45) is 0 Å². The molecule has 0 fully saturated rings. The van der Waals surface area contributed by atoms with Gasteiger partial charge in [0.25, 0.3) is 5.91 Å². The van der Waals surface area contributed by atoms with Crippen LogP contribution in [0.4, 0.5) is 0 Å². The molecule has 2 rings (SSSR count). The third kappa shape index (κ3) is 5.57. The Labute approximate surface area is 169 Å². The Kier molecular flexibility index (Phi) is 8.34. The maximum atomic E-state index is 12.7. The zero-order valence-electron chi connectivity index (χ0n) is 16.0. The van der Waals surface area contributed by atoms with Gasteiger partial charge in [0, 0.05) is 6.54 Å². The number of aromatic nitrogens is 2. The van der Waals surface area contributed by atoms with E-state index >= 15 is 0 Å². The van der Waals surface area contributed by atoms with Crippen LogP contribution >= 0.6 is 23.4 Å². The van der Waals surface area contributed by atoms with Gasteiger partial charge in [-0.15, -0.1) is 0 Å². The number of rotatable bonds is 9. The molecule has 27 heavy (non-hydrogen) atoms. The first-order chi connectivity index (χ1) is 13.0. The Balaban J connectivity index is 2.21. The number of amides is 1. The number of methoxy groups -OCH3 is 1. The fourth-order valence-corrected chi connectivity index (χ4v) is 3.37. The van der Waals surface area contributed by atoms with Crippen molar-refractivity contribution in [1.29, 1.82) is 0 Å². The van der Waals surface area contributed by atoms with Crippen molar-refractivity contribution in [2.75, 3.05) is 33.0 Å². The van der Waals surface area contributed by atoms with Crippen LogP contribution in [0.2, 0.25) is 5.02 Å². The van der Waals surface area contributed by atoms with Crippen LogP contribution in [-0.2, 0) is 0 Å². The second-order valence-corrected chi connectivity index (χ2v) is 6.96. The van der Waals surface area contributed by atoms with Crippen molar-refractivity contribution >= 4 is 29.3 Å². The summed E-state index contributed by atoms with van der Waals surface area (Å²) in [6.07, 6.45) is 3.31. The zero-order valence-corrected chi connectivity index (χ0v) is 17.6. The second kappa shape index (κ2) is 10.5. The molecule has 0 radical (unpaired) electrons. The van der Waals surface area contributed by atoms with Crippen molar-refractivity contribution in [3.8, 4) is 5.75 Å². The van der Waals surface area contributed by atoms with Crippen molar-refractivity contribution in [1.82, 2.24) is 20.2 Å². The van der Waals surface area contributed by atoms with Crippen LogP contribution in [0.3, 0.4) is 0 Å². The van der Waals surface area contributed by atoms with Crippen LogP contribution < -0.4 is 10.1 Å². The third-order valence-corrected chi connectivity index (χ3v) is 5.15. The molecule has 1 heterocycles. The molecule has 1 unspecified atom stereocenters. The predicted molar refractivity (Wildman–Crippen MR) is 110 cm³/mol. The topological polar surface area (TPSA) is 67.4 Å². The monoisotopic (exact) mass is 408 g/mol. The van der Waals surface area contributed by atoms with E-state index < -0.39 is 0 Å². The Morgan fingerprint density at radius 1 is 1.37 bits per heavy atom. The first-order valence-electron chi connectivity index (χ1n) is 8.76. The number of halogens is 1. The summed E-state index contributed by atoms with van der Waals surface area (Å²) in [4.78, 5) is 23.2. The minimum atomic E-state index is -0.308.